The van der Waals surface area contributed by atoms with Crippen LogP contribution in [0.3, 0.4) is 0 Å². The molecule has 17 heavy (non-hydrogen) atoms. The van der Waals surface area contributed by atoms with Gasteiger partial charge in [0.2, 0.25) is 0 Å². The van der Waals surface area contributed by atoms with E-state index in [1.165, 1.54) is 28.2 Å². The fourth-order valence-corrected chi connectivity index (χ4v) is 4.19. The van der Waals surface area contributed by atoms with Crippen molar-refractivity contribution in [2.45, 2.75) is 51.5 Å². The Balaban J connectivity index is 1.82. The molecule has 2 rings (SSSR count). The van der Waals surface area contributed by atoms with Gasteiger partial charge in [0.15, 0.2) is 0 Å². The van der Waals surface area contributed by atoms with Crippen LogP contribution in [0.5, 0.6) is 0 Å². The Morgan fingerprint density at radius 3 is 2.71 bits per heavy atom. The second-order valence-electron chi connectivity index (χ2n) is 5.02. The van der Waals surface area contributed by atoms with Gasteiger partial charge in [0.1, 0.15) is 0 Å². The second-order valence-corrected chi connectivity index (χ2v) is 6.84. The Morgan fingerprint density at radius 1 is 1.47 bits per heavy atom. The van der Waals surface area contributed by atoms with Crippen LogP contribution in [0.15, 0.2) is 6.07 Å². The summed E-state index contributed by atoms with van der Waals surface area (Å²) in [5, 5.41) is 0.196. The third-order valence-corrected chi connectivity index (χ3v) is 5.29. The van der Waals surface area contributed by atoms with E-state index in [4.69, 9.17) is 16.3 Å². The first kappa shape index (κ1) is 13.4. The normalized spacial score (nSPS) is 25.6. The number of rotatable bonds is 5. The number of thiophene rings is 1. The van der Waals surface area contributed by atoms with Gasteiger partial charge in [-0.15, -0.1) is 22.9 Å². The Morgan fingerprint density at radius 2 is 2.18 bits per heavy atom. The molecule has 0 bridgehead atoms. The summed E-state index contributed by atoms with van der Waals surface area (Å²) >= 11 is 8.37. The molecule has 1 atom stereocenters. The van der Waals surface area contributed by atoms with Gasteiger partial charge >= 0.3 is 0 Å². The topological polar surface area (TPSA) is 9.23 Å². The zero-order valence-electron chi connectivity index (χ0n) is 10.8. The highest BCUT2D eigenvalue weighted by Crippen LogP contribution is 2.42. The molecule has 0 aliphatic heterocycles. The molecule has 1 nitrogen and oxygen atoms in total. The fraction of sp³-hybridized carbons (Fsp3) is 0.714. The maximum absolute atomic E-state index is 6.53. The van der Waals surface area contributed by atoms with Crippen LogP contribution in [-0.4, -0.2) is 12.7 Å². The van der Waals surface area contributed by atoms with Gasteiger partial charge in [0.05, 0.1) is 11.5 Å². The van der Waals surface area contributed by atoms with Gasteiger partial charge in [-0.3, -0.25) is 0 Å². The van der Waals surface area contributed by atoms with E-state index in [0.717, 1.165) is 18.9 Å². The Kier molecular flexibility index (Phi) is 4.51. The lowest BCUT2D eigenvalue weighted by Crippen LogP contribution is -2.31. The minimum Gasteiger partial charge on any atom is -0.378 e. The van der Waals surface area contributed by atoms with Gasteiger partial charge in [-0.25, -0.2) is 0 Å². The molecule has 1 aliphatic rings. The Bertz CT molecular complexity index is 368. The van der Waals surface area contributed by atoms with E-state index >= 15 is 0 Å². The first-order valence-electron chi connectivity index (χ1n) is 6.42. The van der Waals surface area contributed by atoms with Crippen LogP contribution in [0.1, 0.15) is 46.9 Å². The lowest BCUT2D eigenvalue weighted by molar-refractivity contribution is -0.0266. The van der Waals surface area contributed by atoms with Crippen molar-refractivity contribution in [1.29, 1.82) is 0 Å². The molecule has 96 valence electrons. The van der Waals surface area contributed by atoms with Gasteiger partial charge in [0.25, 0.3) is 0 Å². The molecule has 0 radical (unpaired) electrons. The van der Waals surface area contributed by atoms with Crippen molar-refractivity contribution < 1.29 is 4.74 Å². The molecule has 0 amide bonds. The van der Waals surface area contributed by atoms with Crippen LogP contribution < -0.4 is 0 Å². The van der Waals surface area contributed by atoms with E-state index in [1.807, 2.05) is 11.3 Å². The average molecular weight is 273 g/mol. The van der Waals surface area contributed by atoms with Gasteiger partial charge in [-0.05, 0) is 57.6 Å². The third-order valence-electron chi connectivity index (χ3n) is 3.50. The smallest absolute Gasteiger partial charge is 0.0684 e. The van der Waals surface area contributed by atoms with Crippen molar-refractivity contribution in [2.75, 3.05) is 6.61 Å². The van der Waals surface area contributed by atoms with Gasteiger partial charge in [0, 0.05) is 16.4 Å². The molecule has 0 saturated heterocycles. The van der Waals surface area contributed by atoms with Crippen molar-refractivity contribution in [2.24, 2.45) is 5.92 Å². The molecule has 1 fully saturated rings. The predicted molar refractivity (Wildman–Crippen MR) is 75.1 cm³/mol. The number of hydrogen-bond donors (Lipinski definition) is 0. The Hall–Kier alpha value is -0.0500. The molecule has 1 aromatic heterocycles. The monoisotopic (exact) mass is 272 g/mol. The number of alkyl halides is 1. The average Bonchev–Trinajstić information content (AvgIpc) is 2.54. The minimum absolute atomic E-state index is 0.196. The largest absolute Gasteiger partial charge is 0.378 e. The van der Waals surface area contributed by atoms with E-state index in [0.29, 0.717) is 6.10 Å². The highest BCUT2D eigenvalue weighted by atomic mass is 35.5. The maximum Gasteiger partial charge on any atom is 0.0684 e. The third kappa shape index (κ3) is 3.24. The van der Waals surface area contributed by atoms with Crippen LogP contribution in [-0.2, 0) is 4.74 Å². The first-order chi connectivity index (χ1) is 8.10. The number of hydrogen-bond acceptors (Lipinski definition) is 2. The van der Waals surface area contributed by atoms with E-state index in [2.05, 4.69) is 26.8 Å². The molecule has 1 unspecified atom stereocenters. The van der Waals surface area contributed by atoms with Crippen molar-refractivity contribution in [3.8, 4) is 0 Å². The zero-order valence-corrected chi connectivity index (χ0v) is 12.4. The lowest BCUT2D eigenvalue weighted by atomic mass is 9.79. The molecular formula is C14H21ClOS. The number of aryl methyl sites for hydroxylation is 2. The summed E-state index contributed by atoms with van der Waals surface area (Å²) in [6.45, 7) is 7.22. The molecule has 1 heterocycles. The molecule has 3 heteroatoms. The molecule has 1 saturated carbocycles. The predicted octanol–water partition coefficient (Wildman–Crippen LogP) is 4.85. The molecular weight excluding hydrogens is 252 g/mol. The first-order valence-corrected chi connectivity index (χ1v) is 7.68. The van der Waals surface area contributed by atoms with Crippen LogP contribution in [0.4, 0.5) is 0 Å². The number of halogens is 1. The zero-order chi connectivity index (χ0) is 12.4. The summed E-state index contributed by atoms with van der Waals surface area (Å²) < 4.78 is 5.58. The van der Waals surface area contributed by atoms with Crippen LogP contribution >= 0.6 is 22.9 Å². The SMILES string of the molecule is CCOC1CC(CC(Cl)c2sc(C)cc2C)C1. The quantitative estimate of drug-likeness (QED) is 0.696. The van der Waals surface area contributed by atoms with Gasteiger partial charge < -0.3 is 4.74 Å². The van der Waals surface area contributed by atoms with E-state index in [9.17, 15) is 0 Å². The van der Waals surface area contributed by atoms with Crippen LogP contribution in [0.2, 0.25) is 0 Å². The Labute approximate surface area is 113 Å². The highest BCUT2D eigenvalue weighted by molar-refractivity contribution is 7.12. The fourth-order valence-electron chi connectivity index (χ4n) is 2.61. The van der Waals surface area contributed by atoms with E-state index in [1.54, 1.807) is 0 Å². The van der Waals surface area contributed by atoms with Crippen LogP contribution in [0, 0.1) is 19.8 Å². The van der Waals surface area contributed by atoms with Crippen molar-refractivity contribution in [3.05, 3.63) is 21.4 Å². The van der Waals surface area contributed by atoms with Gasteiger partial charge in [-0.1, -0.05) is 0 Å². The van der Waals surface area contributed by atoms with E-state index < -0.39 is 0 Å². The van der Waals surface area contributed by atoms with Gasteiger partial charge in [-0.2, -0.15) is 0 Å². The highest BCUT2D eigenvalue weighted by Gasteiger charge is 2.31. The summed E-state index contributed by atoms with van der Waals surface area (Å²) in [4.78, 5) is 2.73. The molecule has 0 aromatic carbocycles. The van der Waals surface area contributed by atoms with Crippen LogP contribution in [0.25, 0.3) is 0 Å². The summed E-state index contributed by atoms with van der Waals surface area (Å²) in [6, 6.07) is 2.24. The minimum atomic E-state index is 0.196. The van der Waals surface area contributed by atoms with Crippen molar-refractivity contribution in [3.63, 3.8) is 0 Å². The molecule has 1 aliphatic carbocycles. The molecule has 0 N–H and O–H groups in total. The summed E-state index contributed by atoms with van der Waals surface area (Å²) in [5.41, 5.74) is 1.35. The van der Waals surface area contributed by atoms with Crippen molar-refractivity contribution in [1.82, 2.24) is 0 Å². The molecule has 0 spiro atoms. The lowest BCUT2D eigenvalue weighted by Gasteiger charge is -2.35. The summed E-state index contributed by atoms with van der Waals surface area (Å²) in [7, 11) is 0. The standard InChI is InChI=1S/C14H21ClOS/c1-4-16-12-6-11(7-12)8-13(15)14-9(2)5-10(3)17-14/h5,11-13H,4,6-8H2,1-3H3. The molecule has 1 aromatic rings. The second kappa shape index (κ2) is 5.73. The van der Waals surface area contributed by atoms with E-state index in [-0.39, 0.29) is 5.38 Å². The maximum atomic E-state index is 6.53. The number of ether oxygens (including phenoxy) is 1. The summed E-state index contributed by atoms with van der Waals surface area (Å²) in [6.07, 6.45) is 3.99. The van der Waals surface area contributed by atoms with Crippen molar-refractivity contribution >= 4 is 22.9 Å². The summed E-state index contributed by atoms with van der Waals surface area (Å²) in [5.74, 6) is 0.760.